The van der Waals surface area contributed by atoms with Crippen molar-refractivity contribution in [3.8, 4) is 0 Å². The number of H-pyrrole nitrogens is 1. The number of carbonyl (C=O) groups is 17. The molecule has 120 heavy (non-hydrogen) atoms. The number of fused-ring (bicyclic) bond motifs is 1. The van der Waals surface area contributed by atoms with Gasteiger partial charge in [-0.15, -0.1) is 0 Å². The number of rotatable bonds is 54. The number of benzene rings is 3. The van der Waals surface area contributed by atoms with E-state index < -0.39 is 229 Å². The number of nitrogens with one attached hydrogen (secondary N) is 14. The van der Waals surface area contributed by atoms with Crippen LogP contribution in [0.15, 0.2) is 91.1 Å². The molecular weight excluding hydrogens is 1580 g/mol. The van der Waals surface area contributed by atoms with Crippen molar-refractivity contribution >= 4 is 123 Å². The number of aromatic amines is 1. The first-order valence-corrected chi connectivity index (χ1v) is 41.1. The second-order valence-electron chi connectivity index (χ2n) is 30.8. The van der Waals surface area contributed by atoms with Crippen LogP contribution in [0.3, 0.4) is 0 Å². The van der Waals surface area contributed by atoms with E-state index in [0.29, 0.717) is 23.1 Å². The number of hydrogen-bond donors (Lipinski definition) is 21. The van der Waals surface area contributed by atoms with Crippen LogP contribution in [0.25, 0.3) is 10.9 Å². The number of thioether (sulfide) groups is 1. The van der Waals surface area contributed by atoms with Gasteiger partial charge in [0.05, 0.1) is 25.5 Å². The van der Waals surface area contributed by atoms with Gasteiger partial charge in [-0.1, -0.05) is 134 Å². The molecule has 0 aliphatic heterocycles. The van der Waals surface area contributed by atoms with Crippen LogP contribution < -0.4 is 80.6 Å². The van der Waals surface area contributed by atoms with Gasteiger partial charge in [-0.05, 0) is 117 Å². The van der Waals surface area contributed by atoms with E-state index in [1.807, 2.05) is 0 Å². The van der Waals surface area contributed by atoms with Gasteiger partial charge >= 0.3 is 23.9 Å². The van der Waals surface area contributed by atoms with Crippen LogP contribution in [0.2, 0.25) is 0 Å². The van der Waals surface area contributed by atoms with Gasteiger partial charge in [0.1, 0.15) is 78.5 Å². The molecule has 3 aromatic carbocycles. The molecule has 0 bridgehead atoms. The molecule has 0 unspecified atom stereocenters. The largest absolute Gasteiger partial charge is 0.481 e. The fourth-order valence-electron chi connectivity index (χ4n) is 12.7. The molecule has 39 heteroatoms. The zero-order valence-corrected chi connectivity index (χ0v) is 69.9. The Morgan fingerprint density at radius 1 is 0.383 bits per heavy atom. The lowest BCUT2D eigenvalue weighted by molar-refractivity contribution is -0.143. The number of carboxylic acids is 4. The topological polar surface area (TPSA) is 616 Å². The first-order valence-electron chi connectivity index (χ1n) is 39.7. The fraction of sp³-hybridized carbons (Fsp3) is 0.543. The Labute approximate surface area is 699 Å². The summed E-state index contributed by atoms with van der Waals surface area (Å²) in [6.45, 7) is 13.8. The molecule has 23 N–H and O–H groups in total. The number of para-hydroxylation sites is 1. The molecule has 0 radical (unpaired) electrons. The van der Waals surface area contributed by atoms with Gasteiger partial charge in [0.25, 0.3) is 0 Å². The zero-order valence-electron chi connectivity index (χ0n) is 69.1. The maximum Gasteiger partial charge on any atom is 0.326 e. The summed E-state index contributed by atoms with van der Waals surface area (Å²) in [4.78, 5) is 237. The number of hydrogen-bond acceptors (Lipinski definition) is 21. The summed E-state index contributed by atoms with van der Waals surface area (Å²) in [6, 6.07) is 2.57. The van der Waals surface area contributed by atoms with Crippen LogP contribution >= 0.6 is 11.8 Å². The first kappa shape index (κ1) is 101. The standard InChI is InChI=1S/C81H118N16O22S/c1-42(2)33-55(72(109)86-52(27-19-20-31-82)69(106)95-66(44(5)6)78(115)92-58(75(112)94-61(81(118)119)34-43(3)4)37-49-41-84-51-26-18-17-25-50(49)51)91-80(117)68(46(9)98)97-70(107)53(28-29-63(100)101)87-76(113)60(39-65(104)105)93-79(116)67(45(7)8)96-71(108)54(30-32-120-10)88-74(111)57(36-48-23-15-12-16-24-48)89-77(114)59(38-64(102)103)90-73(110)56(85-62(99)40-83)35-47-21-13-11-14-22-47/h11-18,21-26,41-46,52-61,66-68,84,98H,19-20,27-40,82-83H2,1-10H3,(H,85,99)(H,86,109)(H,87,113)(H,88,111)(H,89,114)(H,90,110)(H,91,117)(H,92,115)(H,93,116)(H,94,112)(H,95,106)(H,96,108)(H,97,107)(H,100,101)(H,102,103)(H,104,105)(H,118,119)/t46-,52+,53+,54+,55+,56+,57+,58+,59+,60+,61+,66+,67+,68+/m1/s1. The van der Waals surface area contributed by atoms with Crippen molar-refractivity contribution in [3.63, 3.8) is 0 Å². The smallest absolute Gasteiger partial charge is 0.326 e. The van der Waals surface area contributed by atoms with Gasteiger partial charge in [-0.25, -0.2) is 4.79 Å². The highest BCUT2D eigenvalue weighted by Crippen LogP contribution is 2.21. The molecule has 4 aromatic rings. The number of aliphatic carboxylic acids is 4. The van der Waals surface area contributed by atoms with Crippen molar-refractivity contribution in [1.29, 1.82) is 0 Å². The van der Waals surface area contributed by atoms with Crippen LogP contribution in [0, 0.1) is 23.7 Å². The Morgan fingerprint density at radius 2 is 0.750 bits per heavy atom. The molecule has 0 aliphatic rings. The molecule has 1 heterocycles. The lowest BCUT2D eigenvalue weighted by Crippen LogP contribution is -2.62. The molecule has 4 rings (SSSR count). The van der Waals surface area contributed by atoms with Crippen molar-refractivity contribution in [2.75, 3.05) is 25.1 Å². The van der Waals surface area contributed by atoms with E-state index in [0.717, 1.165) is 17.8 Å². The number of aromatic nitrogens is 1. The maximum absolute atomic E-state index is 14.6. The number of nitrogens with two attached hydrogens (primary N) is 2. The van der Waals surface area contributed by atoms with Crippen LogP contribution in [-0.4, -0.2) is 241 Å². The van der Waals surface area contributed by atoms with Gasteiger partial charge in [-0.3, -0.25) is 76.7 Å². The molecular formula is C81H118N16O22S. The van der Waals surface area contributed by atoms with Crippen LogP contribution in [0.4, 0.5) is 0 Å². The molecule has 14 atom stereocenters. The monoisotopic (exact) mass is 1700 g/mol. The molecule has 0 fully saturated rings. The van der Waals surface area contributed by atoms with E-state index in [4.69, 9.17) is 11.5 Å². The van der Waals surface area contributed by atoms with Crippen molar-refractivity contribution < 1.29 is 107 Å². The average Bonchev–Trinajstić information content (AvgIpc) is 1.70. The fourth-order valence-corrected chi connectivity index (χ4v) is 13.2. The third-order valence-electron chi connectivity index (χ3n) is 19.1. The third-order valence-corrected chi connectivity index (χ3v) is 19.8. The summed E-state index contributed by atoms with van der Waals surface area (Å²) in [5.74, 6) is -21.5. The van der Waals surface area contributed by atoms with E-state index >= 15 is 0 Å². The molecule has 0 aliphatic carbocycles. The molecule has 0 spiro atoms. The van der Waals surface area contributed by atoms with E-state index in [1.165, 1.54) is 25.6 Å². The summed E-state index contributed by atoms with van der Waals surface area (Å²) >= 11 is 1.24. The minimum Gasteiger partial charge on any atom is -0.481 e. The number of carbonyl (C=O) groups excluding carboxylic acids is 13. The lowest BCUT2D eigenvalue weighted by atomic mass is 9.98. The van der Waals surface area contributed by atoms with Crippen LogP contribution in [-0.2, 0) is 101 Å². The van der Waals surface area contributed by atoms with Crippen molar-refractivity contribution in [3.05, 3.63) is 108 Å². The summed E-state index contributed by atoms with van der Waals surface area (Å²) in [6.07, 6.45) is -2.49. The second-order valence-corrected chi connectivity index (χ2v) is 31.8. The number of aliphatic hydroxyl groups excluding tert-OH is 1. The zero-order chi connectivity index (χ0) is 89.6. The molecule has 0 saturated carbocycles. The lowest BCUT2D eigenvalue weighted by Gasteiger charge is -2.30. The number of aliphatic hydroxyl groups is 1. The predicted molar refractivity (Wildman–Crippen MR) is 442 cm³/mol. The van der Waals surface area contributed by atoms with Gasteiger partial charge in [0.15, 0.2) is 0 Å². The maximum atomic E-state index is 14.6. The Bertz CT molecular complexity index is 4150. The van der Waals surface area contributed by atoms with Crippen molar-refractivity contribution in [2.45, 2.75) is 230 Å². The predicted octanol–water partition coefficient (Wildman–Crippen LogP) is -0.977. The van der Waals surface area contributed by atoms with Gasteiger partial charge in [0.2, 0.25) is 76.8 Å². The minimum absolute atomic E-state index is 0.0656. The van der Waals surface area contributed by atoms with E-state index in [1.54, 1.807) is 139 Å². The molecule has 13 amide bonds. The highest BCUT2D eigenvalue weighted by Gasteiger charge is 2.40. The average molecular weight is 1700 g/mol. The Kier molecular flexibility index (Phi) is 42.8. The van der Waals surface area contributed by atoms with Crippen molar-refractivity contribution in [2.24, 2.45) is 35.1 Å². The number of amides is 13. The Hall–Kier alpha value is -11.6. The van der Waals surface area contributed by atoms with E-state index in [2.05, 4.69) is 74.1 Å². The highest BCUT2D eigenvalue weighted by molar-refractivity contribution is 7.98. The SMILES string of the molecule is CSCC[C@H](NC(=O)[C@H](Cc1ccccc1)NC(=O)[C@H](CC(=O)O)NC(=O)[C@H](Cc1ccccc1)NC(=O)CN)C(=O)N[C@H](C(=O)N[C@@H](CC(=O)O)C(=O)N[C@@H](CCC(=O)O)C(=O)N[C@H](C(=O)N[C@@H](CC(C)C)C(=O)N[C@@H](CCCCN)C(=O)N[C@H](C(=O)N[C@@H](Cc1c[nH]c2ccccc12)C(=O)N[C@@H](CC(C)C)C(=O)O)C(C)C)[C@@H](C)O)C(C)C. The summed E-state index contributed by atoms with van der Waals surface area (Å²) < 4.78 is 0. The number of unbranched alkanes of at least 4 members (excludes halogenated alkanes) is 1. The minimum atomic E-state index is -2.11. The highest BCUT2D eigenvalue weighted by atomic mass is 32.2. The van der Waals surface area contributed by atoms with Gasteiger partial charge < -0.3 is 111 Å². The molecule has 38 nitrogen and oxygen atoms in total. The summed E-state index contributed by atoms with van der Waals surface area (Å²) in [5, 5.41) is 84.0. The normalized spacial score (nSPS) is 14.8. The summed E-state index contributed by atoms with van der Waals surface area (Å²) in [7, 11) is 0. The first-order chi connectivity index (χ1) is 56.7. The quantitative estimate of drug-likeness (QED) is 0.0236. The van der Waals surface area contributed by atoms with Crippen LogP contribution in [0.5, 0.6) is 0 Å². The Morgan fingerprint density at radius 3 is 1.19 bits per heavy atom. The van der Waals surface area contributed by atoms with Gasteiger partial charge in [0, 0.05) is 42.8 Å². The second kappa shape index (κ2) is 51.0. The third kappa shape index (κ3) is 34.8. The van der Waals surface area contributed by atoms with Crippen molar-refractivity contribution in [1.82, 2.24) is 74.1 Å². The summed E-state index contributed by atoms with van der Waals surface area (Å²) in [5.41, 5.74) is 13.7. The molecule has 0 saturated heterocycles. The van der Waals surface area contributed by atoms with E-state index in [-0.39, 0.29) is 75.5 Å². The number of carboxylic acid groups (broad SMARTS) is 4. The molecule has 1 aromatic heterocycles. The van der Waals surface area contributed by atoms with E-state index in [9.17, 15) is 107 Å². The van der Waals surface area contributed by atoms with Crippen LogP contribution in [0.1, 0.15) is 143 Å². The Balaban J connectivity index is 1.58. The molecule has 660 valence electrons. The van der Waals surface area contributed by atoms with Gasteiger partial charge in [-0.2, -0.15) is 11.8 Å².